The van der Waals surface area contributed by atoms with Crippen LogP contribution in [0.5, 0.6) is 0 Å². The Morgan fingerprint density at radius 3 is 2.57 bits per heavy atom. The lowest BCUT2D eigenvalue weighted by atomic mass is 10.1. The lowest BCUT2D eigenvalue weighted by molar-refractivity contribution is -0.191. The molecule has 0 aliphatic carbocycles. The van der Waals surface area contributed by atoms with Crippen molar-refractivity contribution < 1.29 is 18.6 Å². The number of anilines is 2. The van der Waals surface area contributed by atoms with Gasteiger partial charge in [0.2, 0.25) is 0 Å². The molecule has 35 heavy (non-hydrogen) atoms. The van der Waals surface area contributed by atoms with Gasteiger partial charge in [-0.1, -0.05) is 48.6 Å². The number of hydrogen-bond acceptors (Lipinski definition) is 7. The van der Waals surface area contributed by atoms with Crippen LogP contribution in [0.15, 0.2) is 73.3 Å². The zero-order chi connectivity index (χ0) is 24.0. The van der Waals surface area contributed by atoms with Crippen molar-refractivity contribution in [1.29, 1.82) is 0 Å². The lowest BCUT2D eigenvalue weighted by Gasteiger charge is -2.24. The maximum absolute atomic E-state index is 14.1. The van der Waals surface area contributed by atoms with Gasteiger partial charge in [0.05, 0.1) is 6.33 Å². The Labute approximate surface area is 201 Å². The third kappa shape index (κ3) is 4.07. The van der Waals surface area contributed by atoms with Crippen molar-refractivity contribution in [2.24, 2.45) is 0 Å². The molecule has 0 amide bonds. The van der Waals surface area contributed by atoms with E-state index < -0.39 is 24.2 Å². The van der Waals surface area contributed by atoms with Crippen LogP contribution in [0.2, 0.25) is 0 Å². The second kappa shape index (κ2) is 8.53. The standard InChI is InChI=1S/C26H24FN5O3/c1-26(2)34-21-19(13-12-16-8-6-7-11-18(16)27)33-25(22(21)35-26)32-15-30-20-23(28-14-29-24(20)32)31-17-9-4-3-5-10-17/h3-15,19,21-22,25H,1-2H3,(H,28,29,31)/t19-,21-,22-,25-/m1/s1. The van der Waals surface area contributed by atoms with Gasteiger partial charge in [0.25, 0.3) is 0 Å². The van der Waals surface area contributed by atoms with Crippen LogP contribution in [0, 0.1) is 5.82 Å². The van der Waals surface area contributed by atoms with Crippen LogP contribution in [0.4, 0.5) is 15.9 Å². The van der Waals surface area contributed by atoms with Crippen molar-refractivity contribution in [1.82, 2.24) is 19.5 Å². The van der Waals surface area contributed by atoms with Crippen molar-refractivity contribution in [3.63, 3.8) is 0 Å². The zero-order valence-corrected chi connectivity index (χ0v) is 19.2. The summed E-state index contributed by atoms with van der Waals surface area (Å²) in [6.45, 7) is 3.74. The first-order valence-corrected chi connectivity index (χ1v) is 11.4. The Hall–Kier alpha value is -3.66. The van der Waals surface area contributed by atoms with Gasteiger partial charge >= 0.3 is 0 Å². The van der Waals surface area contributed by atoms with Crippen molar-refractivity contribution in [2.45, 2.75) is 44.2 Å². The average molecular weight is 474 g/mol. The van der Waals surface area contributed by atoms with Crippen molar-refractivity contribution >= 4 is 28.7 Å². The molecule has 2 fully saturated rings. The first kappa shape index (κ1) is 21.8. The molecular weight excluding hydrogens is 449 g/mol. The highest BCUT2D eigenvalue weighted by Gasteiger charge is 2.55. The van der Waals surface area contributed by atoms with Gasteiger partial charge in [0, 0.05) is 11.3 Å². The summed E-state index contributed by atoms with van der Waals surface area (Å²) in [5.74, 6) is -0.490. The average Bonchev–Trinajstić information content (AvgIpc) is 3.51. The topological polar surface area (TPSA) is 83.3 Å². The van der Waals surface area contributed by atoms with E-state index in [4.69, 9.17) is 14.2 Å². The van der Waals surface area contributed by atoms with Crippen molar-refractivity contribution in [3.8, 4) is 0 Å². The lowest BCUT2D eigenvalue weighted by Crippen LogP contribution is -2.28. The molecule has 8 nitrogen and oxygen atoms in total. The summed E-state index contributed by atoms with van der Waals surface area (Å²) in [7, 11) is 0. The molecular formula is C26H24FN5O3. The zero-order valence-electron chi connectivity index (χ0n) is 19.2. The molecule has 0 radical (unpaired) electrons. The van der Waals surface area contributed by atoms with Crippen LogP contribution in [-0.4, -0.2) is 43.6 Å². The Kier molecular flexibility index (Phi) is 5.32. The number of nitrogens with zero attached hydrogens (tertiary/aromatic N) is 4. The molecule has 4 heterocycles. The summed E-state index contributed by atoms with van der Waals surface area (Å²) in [6, 6.07) is 16.3. The summed E-state index contributed by atoms with van der Waals surface area (Å²) < 4.78 is 34.8. The molecule has 0 spiro atoms. The number of benzene rings is 2. The van der Waals surface area contributed by atoms with Gasteiger partial charge in [-0.2, -0.15) is 0 Å². The first-order valence-electron chi connectivity index (χ1n) is 11.4. The smallest absolute Gasteiger partial charge is 0.167 e. The molecule has 2 aromatic carbocycles. The van der Waals surface area contributed by atoms with Gasteiger partial charge in [-0.3, -0.25) is 4.57 Å². The largest absolute Gasteiger partial charge is 0.345 e. The molecule has 0 saturated carbocycles. The number of imidazole rings is 1. The molecule has 178 valence electrons. The van der Waals surface area contributed by atoms with Gasteiger partial charge in [0.15, 0.2) is 29.0 Å². The first-order chi connectivity index (χ1) is 17.0. The summed E-state index contributed by atoms with van der Waals surface area (Å²) in [4.78, 5) is 13.4. The number of para-hydroxylation sites is 1. The summed E-state index contributed by atoms with van der Waals surface area (Å²) in [5.41, 5.74) is 2.59. The number of aromatic nitrogens is 4. The van der Waals surface area contributed by atoms with Crippen LogP contribution in [-0.2, 0) is 14.2 Å². The van der Waals surface area contributed by atoms with E-state index >= 15 is 0 Å². The van der Waals surface area contributed by atoms with Gasteiger partial charge in [0.1, 0.15) is 30.5 Å². The number of ether oxygens (including phenoxy) is 3. The maximum atomic E-state index is 14.1. The highest BCUT2D eigenvalue weighted by Crippen LogP contribution is 2.44. The molecule has 0 unspecified atom stereocenters. The summed E-state index contributed by atoms with van der Waals surface area (Å²) in [6.07, 6.45) is 4.92. The fourth-order valence-corrected chi connectivity index (χ4v) is 4.58. The van der Waals surface area contributed by atoms with Gasteiger partial charge in [-0.15, -0.1) is 0 Å². The Balaban J connectivity index is 1.33. The number of hydrogen-bond donors (Lipinski definition) is 1. The van der Waals surface area contributed by atoms with Gasteiger partial charge < -0.3 is 19.5 Å². The molecule has 2 aliphatic rings. The van der Waals surface area contributed by atoms with Gasteiger partial charge in [-0.25, -0.2) is 19.3 Å². The third-order valence-electron chi connectivity index (χ3n) is 6.11. The maximum Gasteiger partial charge on any atom is 0.167 e. The van der Waals surface area contributed by atoms with E-state index in [0.717, 1.165) is 5.69 Å². The van der Waals surface area contributed by atoms with E-state index in [0.29, 0.717) is 22.5 Å². The molecule has 4 aromatic rings. The van der Waals surface area contributed by atoms with Crippen LogP contribution in [0.1, 0.15) is 25.6 Å². The Bertz CT molecular complexity index is 1390. The second-order valence-electron chi connectivity index (χ2n) is 8.97. The fraction of sp³-hybridized carbons (Fsp3) is 0.269. The molecule has 6 rings (SSSR count). The minimum atomic E-state index is -0.785. The molecule has 2 aliphatic heterocycles. The van der Waals surface area contributed by atoms with E-state index in [1.54, 1.807) is 30.6 Å². The van der Waals surface area contributed by atoms with Crippen LogP contribution >= 0.6 is 0 Å². The molecule has 0 bridgehead atoms. The predicted molar refractivity (Wildman–Crippen MR) is 128 cm³/mol. The van der Waals surface area contributed by atoms with E-state index in [-0.39, 0.29) is 11.9 Å². The predicted octanol–water partition coefficient (Wildman–Crippen LogP) is 4.84. The molecule has 4 atom stereocenters. The van der Waals surface area contributed by atoms with Crippen molar-refractivity contribution in [3.05, 3.63) is 84.7 Å². The highest BCUT2D eigenvalue weighted by atomic mass is 19.1. The van der Waals surface area contributed by atoms with E-state index in [1.165, 1.54) is 12.4 Å². The quantitative estimate of drug-likeness (QED) is 0.444. The van der Waals surface area contributed by atoms with Crippen molar-refractivity contribution in [2.75, 3.05) is 5.32 Å². The monoisotopic (exact) mass is 473 g/mol. The number of rotatable bonds is 5. The van der Waals surface area contributed by atoms with Crippen LogP contribution < -0.4 is 5.32 Å². The molecule has 2 saturated heterocycles. The summed E-state index contributed by atoms with van der Waals surface area (Å²) >= 11 is 0. The molecule has 1 N–H and O–H groups in total. The van der Waals surface area contributed by atoms with E-state index in [1.807, 2.05) is 54.8 Å². The Morgan fingerprint density at radius 1 is 0.971 bits per heavy atom. The van der Waals surface area contributed by atoms with Crippen LogP contribution in [0.3, 0.4) is 0 Å². The minimum absolute atomic E-state index is 0.297. The SMILES string of the molecule is CC1(C)O[C@@H]2[C@H](O1)[C@@H](C=Cc1ccccc1F)O[C@H]2n1cnc2c(Nc3ccccc3)ncnc21. The third-order valence-corrected chi connectivity index (χ3v) is 6.11. The normalized spacial score (nSPS) is 25.3. The number of halogens is 1. The number of fused-ring (bicyclic) bond motifs is 2. The fourth-order valence-electron chi connectivity index (χ4n) is 4.58. The van der Waals surface area contributed by atoms with Crippen LogP contribution in [0.25, 0.3) is 17.2 Å². The number of nitrogens with one attached hydrogen (secondary N) is 1. The summed E-state index contributed by atoms with van der Waals surface area (Å²) in [5, 5.41) is 3.29. The minimum Gasteiger partial charge on any atom is -0.345 e. The van der Waals surface area contributed by atoms with Gasteiger partial charge in [-0.05, 0) is 32.0 Å². The molecule has 2 aromatic heterocycles. The molecule has 9 heteroatoms. The Morgan fingerprint density at radius 2 is 1.74 bits per heavy atom. The second-order valence-corrected chi connectivity index (χ2v) is 8.97. The van der Waals surface area contributed by atoms with E-state index in [2.05, 4.69) is 20.3 Å². The highest BCUT2D eigenvalue weighted by molar-refractivity contribution is 5.85. The van der Waals surface area contributed by atoms with E-state index in [9.17, 15) is 4.39 Å².